The lowest BCUT2D eigenvalue weighted by Gasteiger charge is -2.30. The highest BCUT2D eigenvalue weighted by atomic mass is 35.5. The summed E-state index contributed by atoms with van der Waals surface area (Å²) in [6.45, 7) is 4.08. The Morgan fingerprint density at radius 1 is 1.27 bits per heavy atom. The first-order valence-corrected chi connectivity index (χ1v) is 10.8. The van der Waals surface area contributed by atoms with Gasteiger partial charge in [-0.1, -0.05) is 23.7 Å². The number of nitrogens with zero attached hydrogens (tertiary/aromatic N) is 5. The molecular formula is C22H24ClN5O2. The number of hydrogen-bond donors (Lipinski definition) is 0. The van der Waals surface area contributed by atoms with Gasteiger partial charge in [-0.05, 0) is 43.9 Å². The van der Waals surface area contributed by atoms with Crippen molar-refractivity contribution < 1.29 is 4.74 Å². The number of anilines is 1. The molecule has 2 aliphatic rings. The van der Waals surface area contributed by atoms with Crippen molar-refractivity contribution in [2.24, 2.45) is 0 Å². The van der Waals surface area contributed by atoms with Gasteiger partial charge in [0.25, 0.3) is 5.56 Å². The summed E-state index contributed by atoms with van der Waals surface area (Å²) >= 11 is 6.50. The summed E-state index contributed by atoms with van der Waals surface area (Å²) in [7, 11) is 0. The number of aromatic nitrogens is 4. The predicted molar refractivity (Wildman–Crippen MR) is 115 cm³/mol. The summed E-state index contributed by atoms with van der Waals surface area (Å²) in [4.78, 5) is 19.6. The predicted octanol–water partition coefficient (Wildman–Crippen LogP) is 3.65. The molecule has 0 spiro atoms. The van der Waals surface area contributed by atoms with Crippen LogP contribution in [-0.2, 0) is 17.7 Å². The molecule has 0 saturated carbocycles. The molecule has 3 aromatic rings. The maximum Gasteiger partial charge on any atom is 0.290 e. The molecule has 30 heavy (non-hydrogen) atoms. The van der Waals surface area contributed by atoms with Crippen LogP contribution in [0.3, 0.4) is 0 Å². The first-order valence-electron chi connectivity index (χ1n) is 10.4. The van der Waals surface area contributed by atoms with Crippen LogP contribution in [0.1, 0.15) is 42.4 Å². The fraction of sp³-hybridized carbons (Fsp3) is 0.409. The van der Waals surface area contributed by atoms with Gasteiger partial charge in [0.05, 0.1) is 30.5 Å². The van der Waals surface area contributed by atoms with Gasteiger partial charge in [0.1, 0.15) is 5.02 Å². The Morgan fingerprint density at radius 3 is 2.97 bits per heavy atom. The Labute approximate surface area is 179 Å². The van der Waals surface area contributed by atoms with Gasteiger partial charge in [0.2, 0.25) is 0 Å². The van der Waals surface area contributed by atoms with Gasteiger partial charge in [-0.3, -0.25) is 4.79 Å². The first-order chi connectivity index (χ1) is 14.6. The number of benzene rings is 1. The molecule has 1 fully saturated rings. The maximum atomic E-state index is 12.8. The third kappa shape index (κ3) is 3.42. The summed E-state index contributed by atoms with van der Waals surface area (Å²) in [6, 6.07) is 8.39. The summed E-state index contributed by atoms with van der Waals surface area (Å²) in [5.41, 5.74) is 4.89. The van der Waals surface area contributed by atoms with Gasteiger partial charge in [-0.15, -0.1) is 0 Å². The van der Waals surface area contributed by atoms with Gasteiger partial charge in [-0.25, -0.2) is 4.98 Å². The summed E-state index contributed by atoms with van der Waals surface area (Å²) in [5, 5.41) is 4.58. The average molecular weight is 426 g/mol. The summed E-state index contributed by atoms with van der Waals surface area (Å²) in [5.74, 6) is 0. The fourth-order valence-corrected chi connectivity index (χ4v) is 4.55. The van der Waals surface area contributed by atoms with E-state index in [1.54, 1.807) is 6.20 Å². The van der Waals surface area contributed by atoms with Crippen LogP contribution >= 0.6 is 11.6 Å². The molecule has 0 aliphatic carbocycles. The zero-order valence-corrected chi connectivity index (χ0v) is 17.7. The van der Waals surface area contributed by atoms with Gasteiger partial charge in [0, 0.05) is 31.0 Å². The highest BCUT2D eigenvalue weighted by Crippen LogP contribution is 2.29. The number of halogens is 1. The normalized spacial score (nSPS) is 19.0. The van der Waals surface area contributed by atoms with Crippen LogP contribution in [-0.4, -0.2) is 32.5 Å². The fourth-order valence-electron chi connectivity index (χ4n) is 4.29. The van der Waals surface area contributed by atoms with E-state index >= 15 is 0 Å². The molecule has 2 aromatic heterocycles. The van der Waals surface area contributed by atoms with E-state index in [0.29, 0.717) is 18.8 Å². The number of aryl methyl sites for hydroxylation is 1. The Kier molecular flexibility index (Phi) is 5.08. The topological polar surface area (TPSA) is 65.2 Å². The van der Waals surface area contributed by atoms with E-state index in [1.165, 1.54) is 15.9 Å². The maximum absolute atomic E-state index is 12.8. The second kappa shape index (κ2) is 7.89. The lowest BCUT2D eigenvalue weighted by Crippen LogP contribution is -2.36. The third-order valence-corrected chi connectivity index (χ3v) is 6.24. The minimum Gasteiger partial charge on any atom is -0.362 e. The molecule has 5 rings (SSSR count). The number of ether oxygens (including phenoxy) is 1. The molecule has 1 atom stereocenters. The molecule has 7 nitrogen and oxygen atoms in total. The number of imidazole rings is 1. The van der Waals surface area contributed by atoms with Crippen LogP contribution in [0.15, 0.2) is 41.6 Å². The van der Waals surface area contributed by atoms with Crippen LogP contribution in [0.2, 0.25) is 5.02 Å². The molecule has 0 N–H and O–H groups in total. The standard InChI is InChI=1S/C22H24ClN5O2/c1-15-5-4-6-16(11-15)27-14-24-17-13-26(9-8-18(17)27)19-12-25-28(22(29)21(19)23)20-7-2-3-10-30-20/h4-6,11-12,14,20H,2-3,7-10,13H2,1H3. The molecule has 1 unspecified atom stereocenters. The van der Waals surface area contributed by atoms with E-state index < -0.39 is 0 Å². The van der Waals surface area contributed by atoms with Crippen molar-refractivity contribution in [1.29, 1.82) is 0 Å². The van der Waals surface area contributed by atoms with E-state index in [-0.39, 0.29) is 16.8 Å². The molecule has 0 radical (unpaired) electrons. The van der Waals surface area contributed by atoms with Gasteiger partial charge >= 0.3 is 0 Å². The number of rotatable bonds is 3. The lowest BCUT2D eigenvalue weighted by atomic mass is 10.1. The van der Waals surface area contributed by atoms with E-state index in [2.05, 4.69) is 50.7 Å². The second-order valence-electron chi connectivity index (χ2n) is 7.93. The van der Waals surface area contributed by atoms with E-state index in [1.807, 2.05) is 6.33 Å². The smallest absolute Gasteiger partial charge is 0.290 e. The largest absolute Gasteiger partial charge is 0.362 e. The Morgan fingerprint density at radius 2 is 2.17 bits per heavy atom. The monoisotopic (exact) mass is 425 g/mol. The molecular weight excluding hydrogens is 402 g/mol. The van der Waals surface area contributed by atoms with Crippen molar-refractivity contribution in [1.82, 2.24) is 19.3 Å². The average Bonchev–Trinajstić information content (AvgIpc) is 3.19. The Balaban J connectivity index is 1.41. The van der Waals surface area contributed by atoms with Crippen molar-refractivity contribution in [3.8, 4) is 5.69 Å². The van der Waals surface area contributed by atoms with Crippen LogP contribution in [0.4, 0.5) is 5.69 Å². The minimum atomic E-state index is -0.323. The van der Waals surface area contributed by atoms with E-state index in [0.717, 1.165) is 43.6 Å². The Hall–Kier alpha value is -2.64. The third-order valence-electron chi connectivity index (χ3n) is 5.89. The number of hydrogen-bond acceptors (Lipinski definition) is 5. The molecule has 156 valence electrons. The minimum absolute atomic E-state index is 0.195. The zero-order chi connectivity index (χ0) is 20.7. The molecule has 0 bridgehead atoms. The molecule has 4 heterocycles. The van der Waals surface area contributed by atoms with E-state index in [9.17, 15) is 4.79 Å². The van der Waals surface area contributed by atoms with Crippen molar-refractivity contribution in [2.45, 2.75) is 45.4 Å². The van der Waals surface area contributed by atoms with Crippen LogP contribution in [0.25, 0.3) is 5.69 Å². The first kappa shape index (κ1) is 19.3. The SMILES string of the molecule is Cc1cccc(-n2cnc3c2CCN(c2cnn(C4CCCCO4)c(=O)c2Cl)C3)c1. The van der Waals surface area contributed by atoms with Crippen molar-refractivity contribution >= 4 is 17.3 Å². The Bertz CT molecular complexity index is 1130. The molecule has 8 heteroatoms. The van der Waals surface area contributed by atoms with Crippen molar-refractivity contribution in [3.63, 3.8) is 0 Å². The summed E-state index contributed by atoms with van der Waals surface area (Å²) < 4.78 is 9.23. The molecule has 2 aliphatic heterocycles. The summed E-state index contributed by atoms with van der Waals surface area (Å²) in [6.07, 6.45) is 6.88. The van der Waals surface area contributed by atoms with Crippen LogP contribution in [0, 0.1) is 6.92 Å². The zero-order valence-electron chi connectivity index (χ0n) is 16.9. The highest BCUT2D eigenvalue weighted by Gasteiger charge is 2.26. The van der Waals surface area contributed by atoms with Crippen LogP contribution < -0.4 is 10.5 Å². The quantitative estimate of drug-likeness (QED) is 0.640. The van der Waals surface area contributed by atoms with E-state index in [4.69, 9.17) is 16.3 Å². The van der Waals surface area contributed by atoms with Crippen molar-refractivity contribution in [2.75, 3.05) is 18.1 Å². The second-order valence-corrected chi connectivity index (χ2v) is 8.31. The molecule has 1 saturated heterocycles. The van der Waals surface area contributed by atoms with Gasteiger partial charge in [-0.2, -0.15) is 9.78 Å². The molecule has 1 aromatic carbocycles. The lowest BCUT2D eigenvalue weighted by molar-refractivity contribution is -0.0424. The number of fused-ring (bicyclic) bond motifs is 1. The van der Waals surface area contributed by atoms with Crippen LogP contribution in [0.5, 0.6) is 0 Å². The highest BCUT2D eigenvalue weighted by molar-refractivity contribution is 6.33. The van der Waals surface area contributed by atoms with Gasteiger partial charge < -0.3 is 14.2 Å². The van der Waals surface area contributed by atoms with Crippen molar-refractivity contribution in [3.05, 3.63) is 69.1 Å². The van der Waals surface area contributed by atoms with Gasteiger partial charge in [0.15, 0.2) is 6.23 Å². The molecule has 0 amide bonds.